The molecular formula is C12H17O2-. The first kappa shape index (κ1) is 8.75. The standard InChI is InChI=1S/C12H18O2/c13-11(14)12-5-8-1-2-9(6-12)4-10(3-8)7-12/h8-10H,1-7H2,(H,13,14)/p-1/t8-,9+,10?,12?. The van der Waals surface area contributed by atoms with Gasteiger partial charge in [0.05, 0.1) is 0 Å². The molecule has 4 rings (SSSR count). The third-order valence-electron chi connectivity index (χ3n) is 4.79. The van der Waals surface area contributed by atoms with E-state index < -0.39 is 11.4 Å². The van der Waals surface area contributed by atoms with Crippen LogP contribution in [-0.4, -0.2) is 5.97 Å². The highest BCUT2D eigenvalue weighted by Gasteiger charge is 2.49. The minimum absolute atomic E-state index is 0.410. The zero-order valence-electron chi connectivity index (χ0n) is 8.50. The van der Waals surface area contributed by atoms with Crippen LogP contribution in [0.25, 0.3) is 0 Å². The Morgan fingerprint density at radius 2 is 1.50 bits per heavy atom. The van der Waals surface area contributed by atoms with E-state index in [2.05, 4.69) is 0 Å². The van der Waals surface area contributed by atoms with Crippen molar-refractivity contribution in [2.24, 2.45) is 23.2 Å². The van der Waals surface area contributed by atoms with E-state index in [0.717, 1.165) is 19.3 Å². The van der Waals surface area contributed by atoms with Gasteiger partial charge in [-0.2, -0.15) is 0 Å². The first-order valence-electron chi connectivity index (χ1n) is 5.89. The van der Waals surface area contributed by atoms with Crippen molar-refractivity contribution < 1.29 is 9.90 Å². The van der Waals surface area contributed by atoms with Crippen LogP contribution in [0.2, 0.25) is 0 Å². The van der Waals surface area contributed by atoms with Crippen LogP contribution in [0.5, 0.6) is 0 Å². The quantitative estimate of drug-likeness (QED) is 0.630. The molecule has 0 aromatic heterocycles. The molecule has 0 aromatic carbocycles. The fourth-order valence-corrected chi connectivity index (χ4v) is 4.44. The van der Waals surface area contributed by atoms with E-state index >= 15 is 0 Å². The number of hydrogen-bond acceptors (Lipinski definition) is 2. The molecule has 0 N–H and O–H groups in total. The highest BCUT2D eigenvalue weighted by atomic mass is 16.4. The van der Waals surface area contributed by atoms with Gasteiger partial charge < -0.3 is 9.90 Å². The molecule has 4 saturated carbocycles. The largest absolute Gasteiger partial charge is 0.550 e. The molecular weight excluding hydrogens is 176 g/mol. The van der Waals surface area contributed by atoms with E-state index in [1.54, 1.807) is 0 Å². The van der Waals surface area contributed by atoms with Crippen molar-refractivity contribution in [3.63, 3.8) is 0 Å². The minimum atomic E-state index is -0.751. The van der Waals surface area contributed by atoms with Crippen LogP contribution >= 0.6 is 0 Å². The van der Waals surface area contributed by atoms with Crippen molar-refractivity contribution in [2.75, 3.05) is 0 Å². The summed E-state index contributed by atoms with van der Waals surface area (Å²) in [5.74, 6) is 1.34. The second-order valence-corrected chi connectivity index (χ2v) is 5.83. The second-order valence-electron chi connectivity index (χ2n) is 5.83. The zero-order chi connectivity index (χ0) is 9.76. The lowest BCUT2D eigenvalue weighted by molar-refractivity contribution is -0.324. The maximum absolute atomic E-state index is 11.3. The molecule has 4 aliphatic carbocycles. The third kappa shape index (κ3) is 1.12. The lowest BCUT2D eigenvalue weighted by atomic mass is 9.58. The molecule has 78 valence electrons. The van der Waals surface area contributed by atoms with Gasteiger partial charge in [0.15, 0.2) is 0 Å². The van der Waals surface area contributed by atoms with Crippen LogP contribution in [0.3, 0.4) is 0 Å². The molecule has 2 nitrogen and oxygen atoms in total. The van der Waals surface area contributed by atoms with Gasteiger partial charge in [0.25, 0.3) is 0 Å². The van der Waals surface area contributed by atoms with Crippen molar-refractivity contribution in [1.29, 1.82) is 0 Å². The summed E-state index contributed by atoms with van der Waals surface area (Å²) in [6.45, 7) is 0. The topological polar surface area (TPSA) is 40.1 Å². The van der Waals surface area contributed by atoms with Crippen LogP contribution in [0, 0.1) is 23.2 Å². The molecule has 4 aliphatic rings. The first-order chi connectivity index (χ1) is 6.68. The molecule has 0 saturated heterocycles. The molecule has 4 atom stereocenters. The van der Waals surface area contributed by atoms with E-state index in [1.807, 2.05) is 0 Å². The van der Waals surface area contributed by atoms with Gasteiger partial charge in [0.1, 0.15) is 0 Å². The Morgan fingerprint density at radius 3 is 2.00 bits per heavy atom. The van der Waals surface area contributed by atoms with Crippen molar-refractivity contribution in [2.45, 2.75) is 44.9 Å². The number of rotatable bonds is 1. The average Bonchev–Trinajstić information content (AvgIpc) is 2.32. The number of hydrogen-bond donors (Lipinski definition) is 0. The second kappa shape index (κ2) is 2.74. The smallest absolute Gasteiger partial charge is 0.0476 e. The highest BCUT2D eigenvalue weighted by molar-refractivity contribution is 5.73. The van der Waals surface area contributed by atoms with Gasteiger partial charge in [0, 0.05) is 11.4 Å². The van der Waals surface area contributed by atoms with Crippen LogP contribution in [0.15, 0.2) is 0 Å². The van der Waals surface area contributed by atoms with Gasteiger partial charge in [-0.05, 0) is 49.9 Å². The highest BCUT2D eigenvalue weighted by Crippen LogP contribution is 2.57. The first-order valence-corrected chi connectivity index (χ1v) is 5.89. The Kier molecular flexibility index (Phi) is 1.71. The number of carbonyl (C=O) groups excluding carboxylic acids is 1. The molecule has 2 heteroatoms. The Hall–Kier alpha value is -0.530. The number of carboxylic acid groups (broad SMARTS) is 1. The molecule has 2 unspecified atom stereocenters. The van der Waals surface area contributed by atoms with Gasteiger partial charge in [-0.25, -0.2) is 0 Å². The van der Waals surface area contributed by atoms with Gasteiger partial charge in [-0.15, -0.1) is 0 Å². The summed E-state index contributed by atoms with van der Waals surface area (Å²) in [6, 6.07) is 0. The van der Waals surface area contributed by atoms with Crippen molar-refractivity contribution >= 4 is 5.97 Å². The van der Waals surface area contributed by atoms with E-state index in [9.17, 15) is 9.90 Å². The summed E-state index contributed by atoms with van der Waals surface area (Å²) in [7, 11) is 0. The average molecular weight is 193 g/mol. The lowest BCUT2D eigenvalue weighted by Crippen LogP contribution is -2.49. The third-order valence-corrected chi connectivity index (χ3v) is 4.79. The van der Waals surface area contributed by atoms with Crippen LogP contribution < -0.4 is 5.11 Å². The molecule has 4 fully saturated rings. The fourth-order valence-electron chi connectivity index (χ4n) is 4.44. The zero-order valence-corrected chi connectivity index (χ0v) is 8.50. The summed E-state index contributed by atoms with van der Waals surface area (Å²) in [5, 5.41) is 11.3. The van der Waals surface area contributed by atoms with Crippen LogP contribution in [-0.2, 0) is 4.79 Å². The Labute approximate surface area is 84.7 Å². The SMILES string of the molecule is O=C([O-])C12CC3C[C@@H](CC[C@@H](C3)C1)C2. The number of carboxylic acids is 1. The molecule has 0 amide bonds. The van der Waals surface area contributed by atoms with Crippen LogP contribution in [0.1, 0.15) is 44.9 Å². The van der Waals surface area contributed by atoms with E-state index in [0.29, 0.717) is 17.8 Å². The normalized spacial score (nSPS) is 50.4. The molecule has 0 heterocycles. The van der Waals surface area contributed by atoms with Crippen molar-refractivity contribution in [3.8, 4) is 0 Å². The minimum Gasteiger partial charge on any atom is -0.550 e. The van der Waals surface area contributed by atoms with Crippen molar-refractivity contribution in [3.05, 3.63) is 0 Å². The van der Waals surface area contributed by atoms with E-state index in [1.165, 1.54) is 25.7 Å². The summed E-state index contributed by atoms with van der Waals surface area (Å²) >= 11 is 0. The maximum atomic E-state index is 11.3. The van der Waals surface area contributed by atoms with Crippen LogP contribution in [0.4, 0.5) is 0 Å². The molecule has 14 heavy (non-hydrogen) atoms. The predicted molar refractivity (Wildman–Crippen MR) is 50.2 cm³/mol. The van der Waals surface area contributed by atoms with Gasteiger partial charge in [-0.1, -0.05) is 12.8 Å². The molecule has 0 spiro atoms. The van der Waals surface area contributed by atoms with E-state index in [4.69, 9.17) is 0 Å². The Bertz CT molecular complexity index is 255. The number of carbonyl (C=O) groups is 1. The van der Waals surface area contributed by atoms with E-state index in [-0.39, 0.29) is 0 Å². The maximum Gasteiger partial charge on any atom is 0.0476 e. The number of fused-ring (bicyclic) bond motifs is 1. The lowest BCUT2D eigenvalue weighted by Gasteiger charge is -2.48. The summed E-state index contributed by atoms with van der Waals surface area (Å²) < 4.78 is 0. The summed E-state index contributed by atoms with van der Waals surface area (Å²) in [4.78, 5) is 11.3. The van der Waals surface area contributed by atoms with Crippen molar-refractivity contribution in [1.82, 2.24) is 0 Å². The Balaban J connectivity index is 1.97. The molecule has 0 radical (unpaired) electrons. The summed E-state index contributed by atoms with van der Waals surface area (Å²) in [6.07, 6.45) is 7.90. The molecule has 0 aliphatic heterocycles. The molecule has 0 aromatic rings. The predicted octanol–water partition coefficient (Wildman–Crippen LogP) is 1.34. The monoisotopic (exact) mass is 193 g/mol. The fraction of sp³-hybridized carbons (Fsp3) is 0.917. The summed E-state index contributed by atoms with van der Waals surface area (Å²) in [5.41, 5.74) is -0.410. The Morgan fingerprint density at radius 1 is 1.00 bits per heavy atom. The molecule has 4 bridgehead atoms. The van der Waals surface area contributed by atoms with Gasteiger partial charge in [0.2, 0.25) is 0 Å². The van der Waals surface area contributed by atoms with Gasteiger partial charge >= 0.3 is 0 Å². The van der Waals surface area contributed by atoms with Gasteiger partial charge in [-0.3, -0.25) is 0 Å². The number of aliphatic carboxylic acids is 1.